The molecule has 2 amide bonds. The van der Waals surface area contributed by atoms with Crippen LogP contribution in [-0.2, 0) is 14.4 Å². The normalized spacial score (nSPS) is 23.2. The van der Waals surface area contributed by atoms with Crippen LogP contribution in [0.25, 0.3) is 0 Å². The first-order valence-electron chi connectivity index (χ1n) is 9.45. The Morgan fingerprint density at radius 2 is 1.40 bits per heavy atom. The third-order valence-corrected chi connectivity index (χ3v) is 5.43. The van der Waals surface area contributed by atoms with Crippen LogP contribution in [-0.4, -0.2) is 17.9 Å². The van der Waals surface area contributed by atoms with Crippen molar-refractivity contribution in [1.29, 1.82) is 0 Å². The van der Waals surface area contributed by atoms with Gasteiger partial charge in [0.15, 0.2) is 6.10 Å². The summed E-state index contributed by atoms with van der Waals surface area (Å²) in [5.74, 6) is -2.98. The predicted molar refractivity (Wildman–Crippen MR) is 105 cm³/mol. The van der Waals surface area contributed by atoms with E-state index in [9.17, 15) is 18.4 Å². The lowest BCUT2D eigenvalue weighted by atomic mass is 9.90. The van der Waals surface area contributed by atoms with Gasteiger partial charge in [0.05, 0.1) is 17.4 Å². The van der Waals surface area contributed by atoms with E-state index in [0.717, 1.165) is 4.90 Å². The molecule has 3 atom stereocenters. The lowest BCUT2D eigenvalue weighted by Crippen LogP contribution is -2.37. The second kappa shape index (κ2) is 7.03. The average molecular weight is 406 g/mol. The van der Waals surface area contributed by atoms with Crippen molar-refractivity contribution in [1.82, 2.24) is 0 Å². The van der Waals surface area contributed by atoms with Crippen LogP contribution in [0.2, 0.25) is 0 Å². The Bertz CT molecular complexity index is 1120. The first-order chi connectivity index (χ1) is 14.6. The summed E-state index contributed by atoms with van der Waals surface area (Å²) < 4.78 is 28.0. The Morgan fingerprint density at radius 3 is 2.10 bits per heavy atom. The van der Waals surface area contributed by atoms with Crippen molar-refractivity contribution in [2.75, 3.05) is 9.96 Å². The molecule has 2 aliphatic heterocycles. The van der Waals surface area contributed by atoms with E-state index >= 15 is 0 Å². The van der Waals surface area contributed by atoms with Crippen molar-refractivity contribution in [2.45, 2.75) is 12.1 Å². The minimum atomic E-state index is -1.10. The minimum absolute atomic E-state index is 0.253. The lowest BCUT2D eigenvalue weighted by molar-refractivity contribution is -0.126. The van der Waals surface area contributed by atoms with Crippen molar-refractivity contribution >= 4 is 23.2 Å². The molecule has 3 aromatic carbocycles. The molecule has 2 heterocycles. The van der Waals surface area contributed by atoms with Crippen LogP contribution in [0.5, 0.6) is 0 Å². The smallest absolute Gasteiger partial charge is 0.266 e. The predicted octanol–water partition coefficient (Wildman–Crippen LogP) is 4.02. The molecule has 7 heteroatoms. The third kappa shape index (κ3) is 2.78. The standard InChI is InChI=1S/C23H16F2N2O3/c24-14-10-12-15(13-11-14)26-22(28)19-20(17-8-4-5-9-18(17)25)27(30-21(19)23(26)29)16-6-2-1-3-7-16/h1-13,19-21H/t19-,20-,21-/m1/s1. The summed E-state index contributed by atoms with van der Waals surface area (Å²) in [5.41, 5.74) is 1.12. The molecule has 5 nitrogen and oxygen atoms in total. The van der Waals surface area contributed by atoms with E-state index in [0.29, 0.717) is 5.69 Å². The number of benzene rings is 3. The summed E-state index contributed by atoms with van der Waals surface area (Å²) in [5, 5.41) is 1.44. The number of hydrogen-bond acceptors (Lipinski definition) is 4. The van der Waals surface area contributed by atoms with Gasteiger partial charge in [0.1, 0.15) is 17.6 Å². The number of carbonyl (C=O) groups is 2. The molecule has 2 fully saturated rings. The highest BCUT2D eigenvalue weighted by Gasteiger charge is 2.60. The molecule has 0 N–H and O–H groups in total. The highest BCUT2D eigenvalue weighted by Crippen LogP contribution is 2.48. The number of anilines is 2. The molecular formula is C23H16F2N2O3. The van der Waals surface area contributed by atoms with Gasteiger partial charge in [0.25, 0.3) is 5.91 Å². The maximum Gasteiger partial charge on any atom is 0.266 e. The van der Waals surface area contributed by atoms with Crippen molar-refractivity contribution in [3.63, 3.8) is 0 Å². The molecular weight excluding hydrogens is 390 g/mol. The Morgan fingerprint density at radius 1 is 0.733 bits per heavy atom. The van der Waals surface area contributed by atoms with Crippen molar-refractivity contribution in [3.05, 3.63) is 96.1 Å². The maximum atomic E-state index is 14.7. The van der Waals surface area contributed by atoms with E-state index in [4.69, 9.17) is 4.84 Å². The molecule has 0 radical (unpaired) electrons. The first-order valence-corrected chi connectivity index (χ1v) is 9.45. The fourth-order valence-corrected chi connectivity index (χ4v) is 4.09. The van der Waals surface area contributed by atoms with Gasteiger partial charge in [-0.05, 0) is 42.5 Å². The number of hydrogen-bond donors (Lipinski definition) is 0. The summed E-state index contributed by atoms with van der Waals surface area (Å²) in [6.07, 6.45) is -1.10. The van der Waals surface area contributed by atoms with E-state index < -0.39 is 41.5 Å². The molecule has 3 aromatic rings. The number of imide groups is 1. The van der Waals surface area contributed by atoms with Gasteiger partial charge in [-0.15, -0.1) is 0 Å². The number of nitrogens with zero attached hydrogens (tertiary/aromatic N) is 2. The van der Waals surface area contributed by atoms with Crippen LogP contribution in [0.1, 0.15) is 11.6 Å². The van der Waals surface area contributed by atoms with Crippen LogP contribution in [0, 0.1) is 17.6 Å². The van der Waals surface area contributed by atoms with Gasteiger partial charge in [0.2, 0.25) is 5.91 Å². The van der Waals surface area contributed by atoms with Gasteiger partial charge in [-0.1, -0.05) is 36.4 Å². The van der Waals surface area contributed by atoms with Crippen LogP contribution in [0.15, 0.2) is 78.9 Å². The number of halogens is 2. The highest BCUT2D eigenvalue weighted by atomic mass is 19.1. The zero-order chi connectivity index (χ0) is 20.8. The molecule has 0 aliphatic carbocycles. The SMILES string of the molecule is O=C1[C@@H]2[C@@H](c3ccccc3F)N(c3ccccc3)O[C@H]2C(=O)N1c1ccc(F)cc1. The second-order valence-electron chi connectivity index (χ2n) is 7.17. The molecule has 30 heavy (non-hydrogen) atoms. The summed E-state index contributed by atoms with van der Waals surface area (Å²) in [6.45, 7) is 0. The summed E-state index contributed by atoms with van der Waals surface area (Å²) in [7, 11) is 0. The largest absolute Gasteiger partial charge is 0.273 e. The Balaban J connectivity index is 1.60. The highest BCUT2D eigenvalue weighted by molar-refractivity contribution is 6.23. The topological polar surface area (TPSA) is 49.9 Å². The van der Waals surface area contributed by atoms with E-state index in [1.807, 2.05) is 6.07 Å². The van der Waals surface area contributed by atoms with Crippen molar-refractivity contribution in [2.24, 2.45) is 5.92 Å². The molecule has 0 aromatic heterocycles. The third-order valence-electron chi connectivity index (χ3n) is 5.43. The molecule has 0 bridgehead atoms. The maximum absolute atomic E-state index is 14.7. The van der Waals surface area contributed by atoms with Gasteiger partial charge in [-0.3, -0.25) is 14.4 Å². The van der Waals surface area contributed by atoms with Crippen molar-refractivity contribution < 1.29 is 23.2 Å². The fraction of sp³-hybridized carbons (Fsp3) is 0.130. The number of hydroxylamine groups is 1. The van der Waals surface area contributed by atoms with Crippen LogP contribution < -0.4 is 9.96 Å². The molecule has 150 valence electrons. The molecule has 2 aliphatic rings. The summed E-state index contributed by atoms with van der Waals surface area (Å²) in [4.78, 5) is 33.3. The zero-order valence-corrected chi connectivity index (χ0v) is 15.6. The fourth-order valence-electron chi connectivity index (χ4n) is 4.09. The van der Waals surface area contributed by atoms with E-state index in [1.54, 1.807) is 42.5 Å². The van der Waals surface area contributed by atoms with Crippen LogP contribution in [0.4, 0.5) is 20.2 Å². The second-order valence-corrected chi connectivity index (χ2v) is 7.17. The van der Waals surface area contributed by atoms with Crippen molar-refractivity contribution in [3.8, 4) is 0 Å². The summed E-state index contributed by atoms with van der Waals surface area (Å²) in [6, 6.07) is 19.3. The Hall–Kier alpha value is -3.58. The number of carbonyl (C=O) groups excluding carboxylic acids is 2. The molecule has 0 saturated carbocycles. The molecule has 0 spiro atoms. The molecule has 0 unspecified atom stereocenters. The van der Waals surface area contributed by atoms with Gasteiger partial charge in [-0.2, -0.15) is 0 Å². The van der Waals surface area contributed by atoms with E-state index in [2.05, 4.69) is 0 Å². The lowest BCUT2D eigenvalue weighted by Gasteiger charge is -2.29. The average Bonchev–Trinajstić information content (AvgIpc) is 3.26. The van der Waals surface area contributed by atoms with Crippen LogP contribution >= 0.6 is 0 Å². The van der Waals surface area contributed by atoms with Gasteiger partial charge in [0, 0.05) is 5.56 Å². The number of rotatable bonds is 3. The van der Waals surface area contributed by atoms with Gasteiger partial charge < -0.3 is 0 Å². The number of para-hydroxylation sites is 1. The Kier molecular flexibility index (Phi) is 4.33. The first kappa shape index (κ1) is 18.4. The van der Waals surface area contributed by atoms with Gasteiger partial charge >= 0.3 is 0 Å². The van der Waals surface area contributed by atoms with Gasteiger partial charge in [-0.25, -0.2) is 18.7 Å². The van der Waals surface area contributed by atoms with Crippen LogP contribution in [0.3, 0.4) is 0 Å². The number of fused-ring (bicyclic) bond motifs is 1. The number of amides is 2. The monoisotopic (exact) mass is 406 g/mol. The van der Waals surface area contributed by atoms with E-state index in [1.165, 1.54) is 35.4 Å². The molecule has 5 rings (SSSR count). The quantitative estimate of drug-likeness (QED) is 0.617. The molecule has 2 saturated heterocycles. The van der Waals surface area contributed by atoms with E-state index in [-0.39, 0.29) is 11.3 Å². The summed E-state index contributed by atoms with van der Waals surface area (Å²) >= 11 is 0. The Labute approximate surface area is 171 Å². The zero-order valence-electron chi connectivity index (χ0n) is 15.6. The minimum Gasteiger partial charge on any atom is -0.273 e.